The van der Waals surface area contributed by atoms with E-state index in [9.17, 15) is 4.79 Å². The van der Waals surface area contributed by atoms with E-state index in [1.807, 2.05) is 25.7 Å². The average molecular weight is 268 g/mol. The number of rotatable bonds is 3. The summed E-state index contributed by atoms with van der Waals surface area (Å²) < 4.78 is 5.47. The molecule has 1 saturated heterocycles. The van der Waals surface area contributed by atoms with Crippen molar-refractivity contribution >= 4 is 6.09 Å². The van der Waals surface area contributed by atoms with Crippen molar-refractivity contribution in [3.8, 4) is 0 Å². The number of hydrogen-bond donors (Lipinski definition) is 1. The van der Waals surface area contributed by atoms with Crippen molar-refractivity contribution in [1.29, 1.82) is 0 Å². The summed E-state index contributed by atoms with van der Waals surface area (Å²) >= 11 is 0. The zero-order valence-corrected chi connectivity index (χ0v) is 12.7. The van der Waals surface area contributed by atoms with Crippen LogP contribution in [0.1, 0.15) is 53.4 Å². The Labute approximate surface area is 116 Å². The number of carbonyl (C=O) groups excluding carboxylic acids is 1. The second kappa shape index (κ2) is 5.70. The van der Waals surface area contributed by atoms with Crippen molar-refractivity contribution in [3.63, 3.8) is 0 Å². The first-order chi connectivity index (χ1) is 8.85. The number of nitrogens with zero attached hydrogens (tertiary/aromatic N) is 1. The minimum atomic E-state index is -0.401. The third-order valence-corrected chi connectivity index (χ3v) is 3.89. The van der Waals surface area contributed by atoms with E-state index in [1.165, 1.54) is 19.3 Å². The lowest BCUT2D eigenvalue weighted by molar-refractivity contribution is 0.0148. The van der Waals surface area contributed by atoms with Crippen molar-refractivity contribution in [2.24, 2.45) is 5.92 Å². The Kier molecular flexibility index (Phi) is 4.39. The fourth-order valence-electron chi connectivity index (χ4n) is 2.67. The number of ether oxygens (including phenoxy) is 1. The van der Waals surface area contributed by atoms with Gasteiger partial charge in [0.2, 0.25) is 0 Å². The van der Waals surface area contributed by atoms with E-state index in [0.717, 1.165) is 25.6 Å². The molecule has 2 aliphatic rings. The van der Waals surface area contributed by atoms with Gasteiger partial charge < -0.3 is 15.0 Å². The van der Waals surface area contributed by atoms with Crippen LogP contribution in [0.3, 0.4) is 0 Å². The van der Waals surface area contributed by atoms with Crippen molar-refractivity contribution in [1.82, 2.24) is 10.2 Å². The van der Waals surface area contributed by atoms with E-state index in [2.05, 4.69) is 12.2 Å². The highest BCUT2D eigenvalue weighted by Crippen LogP contribution is 2.25. The van der Waals surface area contributed by atoms with Gasteiger partial charge in [-0.2, -0.15) is 0 Å². The normalized spacial score (nSPS) is 26.1. The predicted octanol–water partition coefficient (Wildman–Crippen LogP) is 2.77. The fraction of sp³-hybridized carbons (Fsp3) is 0.933. The first kappa shape index (κ1) is 14.6. The molecule has 1 heterocycles. The van der Waals surface area contributed by atoms with Gasteiger partial charge in [-0.3, -0.25) is 0 Å². The van der Waals surface area contributed by atoms with Crippen LogP contribution in [-0.4, -0.2) is 41.8 Å². The number of amides is 1. The Morgan fingerprint density at radius 2 is 2.00 bits per heavy atom. The zero-order chi connectivity index (χ0) is 14.0. The average Bonchev–Trinajstić information content (AvgIpc) is 3.11. The zero-order valence-electron chi connectivity index (χ0n) is 12.7. The van der Waals surface area contributed by atoms with Crippen LogP contribution in [0.5, 0.6) is 0 Å². The molecule has 0 bridgehead atoms. The smallest absolute Gasteiger partial charge is 0.410 e. The molecule has 4 heteroatoms. The Balaban J connectivity index is 1.83. The molecule has 1 aliphatic carbocycles. The third kappa shape index (κ3) is 4.68. The molecule has 0 radical (unpaired) electrons. The number of nitrogens with one attached hydrogen (secondary N) is 1. The van der Waals surface area contributed by atoms with Crippen LogP contribution in [0.4, 0.5) is 4.79 Å². The van der Waals surface area contributed by atoms with Gasteiger partial charge in [-0.25, -0.2) is 4.79 Å². The van der Waals surface area contributed by atoms with Crippen molar-refractivity contribution < 1.29 is 9.53 Å². The SMILES string of the molecule is C[C@@H](NC1CC1)[C@@H]1CCCN(C(=O)OC(C)(C)C)C1. The summed E-state index contributed by atoms with van der Waals surface area (Å²) in [6.45, 7) is 9.68. The first-order valence-corrected chi connectivity index (χ1v) is 7.59. The summed E-state index contributed by atoms with van der Waals surface area (Å²) in [4.78, 5) is 14.0. The molecule has 19 heavy (non-hydrogen) atoms. The maximum Gasteiger partial charge on any atom is 0.410 e. The largest absolute Gasteiger partial charge is 0.444 e. The van der Waals surface area contributed by atoms with Crippen LogP contribution < -0.4 is 5.32 Å². The van der Waals surface area contributed by atoms with Crippen LogP contribution >= 0.6 is 0 Å². The molecule has 4 nitrogen and oxygen atoms in total. The molecule has 1 N–H and O–H groups in total. The van der Waals surface area contributed by atoms with Gasteiger partial charge in [-0.05, 0) is 59.3 Å². The van der Waals surface area contributed by atoms with Gasteiger partial charge in [0.05, 0.1) is 0 Å². The lowest BCUT2D eigenvalue weighted by Crippen LogP contribution is -2.48. The number of hydrogen-bond acceptors (Lipinski definition) is 3. The molecule has 0 aromatic carbocycles. The van der Waals surface area contributed by atoms with Crippen LogP contribution in [-0.2, 0) is 4.74 Å². The first-order valence-electron chi connectivity index (χ1n) is 7.59. The lowest BCUT2D eigenvalue weighted by Gasteiger charge is -2.36. The van der Waals surface area contributed by atoms with E-state index in [-0.39, 0.29) is 6.09 Å². The van der Waals surface area contributed by atoms with Gasteiger partial charge in [-0.1, -0.05) is 0 Å². The quantitative estimate of drug-likeness (QED) is 0.855. The second-order valence-corrected chi connectivity index (χ2v) is 7.06. The number of carbonyl (C=O) groups is 1. The van der Waals surface area contributed by atoms with Crippen molar-refractivity contribution in [2.75, 3.05) is 13.1 Å². The topological polar surface area (TPSA) is 41.6 Å². The molecular formula is C15H28N2O2. The molecule has 1 aliphatic heterocycles. The molecule has 110 valence electrons. The highest BCUT2D eigenvalue weighted by molar-refractivity contribution is 5.68. The summed E-state index contributed by atoms with van der Waals surface area (Å²) in [5.74, 6) is 0.557. The van der Waals surface area contributed by atoms with E-state index >= 15 is 0 Å². The molecule has 0 aromatic heterocycles. The second-order valence-electron chi connectivity index (χ2n) is 7.06. The standard InChI is InChI=1S/C15H28N2O2/c1-11(16-13-7-8-13)12-6-5-9-17(10-12)14(18)19-15(2,3)4/h11-13,16H,5-10H2,1-4H3/t11-,12-/m1/s1. The highest BCUT2D eigenvalue weighted by Gasteiger charge is 2.32. The lowest BCUT2D eigenvalue weighted by atomic mass is 9.91. The van der Waals surface area contributed by atoms with Gasteiger partial charge in [-0.15, -0.1) is 0 Å². The van der Waals surface area contributed by atoms with Crippen LogP contribution in [0.2, 0.25) is 0 Å². The molecule has 2 fully saturated rings. The summed E-state index contributed by atoms with van der Waals surface area (Å²) in [5.41, 5.74) is -0.401. The van der Waals surface area contributed by atoms with E-state index in [1.54, 1.807) is 0 Å². The van der Waals surface area contributed by atoms with Gasteiger partial charge in [0.1, 0.15) is 5.60 Å². The third-order valence-electron chi connectivity index (χ3n) is 3.89. The molecule has 0 spiro atoms. The number of piperidine rings is 1. The van der Waals surface area contributed by atoms with Crippen LogP contribution in [0, 0.1) is 5.92 Å². The Bertz CT molecular complexity index is 321. The van der Waals surface area contributed by atoms with Gasteiger partial charge in [0.25, 0.3) is 0 Å². The Morgan fingerprint density at radius 1 is 1.32 bits per heavy atom. The maximum atomic E-state index is 12.1. The molecule has 1 amide bonds. The van der Waals surface area contributed by atoms with Crippen molar-refractivity contribution in [2.45, 2.75) is 71.1 Å². The van der Waals surface area contributed by atoms with E-state index in [0.29, 0.717) is 12.0 Å². The highest BCUT2D eigenvalue weighted by atomic mass is 16.6. The van der Waals surface area contributed by atoms with E-state index < -0.39 is 5.60 Å². The number of likely N-dealkylation sites (tertiary alicyclic amines) is 1. The Morgan fingerprint density at radius 3 is 2.58 bits per heavy atom. The summed E-state index contributed by atoms with van der Waals surface area (Å²) in [7, 11) is 0. The monoisotopic (exact) mass is 268 g/mol. The molecule has 1 saturated carbocycles. The van der Waals surface area contributed by atoms with Crippen molar-refractivity contribution in [3.05, 3.63) is 0 Å². The molecule has 0 aromatic rings. The van der Waals surface area contributed by atoms with Gasteiger partial charge in [0.15, 0.2) is 0 Å². The molecular weight excluding hydrogens is 240 g/mol. The van der Waals surface area contributed by atoms with Gasteiger partial charge in [0, 0.05) is 25.2 Å². The van der Waals surface area contributed by atoms with Crippen LogP contribution in [0.25, 0.3) is 0 Å². The predicted molar refractivity (Wildman–Crippen MR) is 76.2 cm³/mol. The minimum Gasteiger partial charge on any atom is -0.444 e. The summed E-state index contributed by atoms with van der Waals surface area (Å²) in [6, 6.07) is 1.23. The van der Waals surface area contributed by atoms with Gasteiger partial charge >= 0.3 is 6.09 Å². The summed E-state index contributed by atoms with van der Waals surface area (Å²) in [5, 5.41) is 3.65. The van der Waals surface area contributed by atoms with E-state index in [4.69, 9.17) is 4.74 Å². The van der Waals surface area contributed by atoms with Crippen LogP contribution in [0.15, 0.2) is 0 Å². The molecule has 2 atom stereocenters. The Hall–Kier alpha value is -0.770. The molecule has 0 unspecified atom stereocenters. The summed E-state index contributed by atoms with van der Waals surface area (Å²) in [6.07, 6.45) is 4.76. The maximum absolute atomic E-state index is 12.1. The molecule has 2 rings (SSSR count). The fourth-order valence-corrected chi connectivity index (χ4v) is 2.67. The minimum absolute atomic E-state index is 0.157.